The largest absolute Gasteiger partial charge is 0.493 e. The third kappa shape index (κ3) is 5.19. The van der Waals surface area contributed by atoms with E-state index in [1.807, 2.05) is 36.5 Å². The Kier molecular flexibility index (Phi) is 6.44. The van der Waals surface area contributed by atoms with E-state index < -0.39 is 5.91 Å². The molecule has 4 rings (SSSR count). The number of nitrogens with two attached hydrogens (primary N) is 1. The van der Waals surface area contributed by atoms with Gasteiger partial charge in [0, 0.05) is 31.4 Å². The van der Waals surface area contributed by atoms with Crippen LogP contribution < -0.4 is 15.2 Å². The number of methoxy groups -OCH3 is 1. The summed E-state index contributed by atoms with van der Waals surface area (Å²) in [6.45, 7) is 2.71. The molecule has 1 saturated heterocycles. The minimum atomic E-state index is -0.532. The summed E-state index contributed by atoms with van der Waals surface area (Å²) in [6, 6.07) is 11.6. The maximum Gasteiger partial charge on any atom is 0.255 e. The van der Waals surface area contributed by atoms with Crippen molar-refractivity contribution >= 4 is 5.91 Å². The van der Waals surface area contributed by atoms with Crippen LogP contribution in [0.5, 0.6) is 11.5 Å². The molecule has 1 aromatic carbocycles. The first-order valence-corrected chi connectivity index (χ1v) is 10.0. The molecule has 0 saturated carbocycles. The molecular formula is C22H25N5O4. The van der Waals surface area contributed by atoms with E-state index in [9.17, 15) is 4.79 Å². The molecule has 9 nitrogen and oxygen atoms in total. The van der Waals surface area contributed by atoms with E-state index in [0.717, 1.165) is 42.1 Å². The number of aromatic amines is 1. The summed E-state index contributed by atoms with van der Waals surface area (Å²) in [4.78, 5) is 18.1. The minimum absolute atomic E-state index is 0.110. The number of aromatic nitrogens is 3. The van der Waals surface area contributed by atoms with Gasteiger partial charge in [-0.3, -0.25) is 14.8 Å². The zero-order chi connectivity index (χ0) is 21.6. The first kappa shape index (κ1) is 20.8. The van der Waals surface area contributed by atoms with Gasteiger partial charge in [0.2, 0.25) is 0 Å². The lowest BCUT2D eigenvalue weighted by Gasteiger charge is -2.32. The lowest BCUT2D eigenvalue weighted by molar-refractivity contribution is -0.119. The van der Waals surface area contributed by atoms with Crippen molar-refractivity contribution in [3.05, 3.63) is 60.0 Å². The highest BCUT2D eigenvalue weighted by Crippen LogP contribution is 2.30. The molecule has 1 aliphatic rings. The number of carbonyl (C=O) groups is 1. The molecule has 1 unspecified atom stereocenters. The Morgan fingerprint density at radius 3 is 3.00 bits per heavy atom. The number of amides is 1. The van der Waals surface area contributed by atoms with Crippen molar-refractivity contribution in [1.29, 1.82) is 0 Å². The molecule has 1 atom stereocenters. The molecule has 162 valence electrons. The van der Waals surface area contributed by atoms with Gasteiger partial charge < -0.3 is 19.9 Å². The predicted octanol–water partition coefficient (Wildman–Crippen LogP) is 1.92. The van der Waals surface area contributed by atoms with Crippen molar-refractivity contribution in [2.24, 2.45) is 5.73 Å². The topological polar surface area (TPSA) is 116 Å². The highest BCUT2D eigenvalue weighted by molar-refractivity contribution is 5.75. The molecule has 9 heteroatoms. The van der Waals surface area contributed by atoms with Crippen LogP contribution in [0.3, 0.4) is 0 Å². The molecule has 0 aliphatic carbocycles. The number of hydrogen-bond acceptors (Lipinski definition) is 7. The van der Waals surface area contributed by atoms with Crippen molar-refractivity contribution in [2.75, 3.05) is 33.4 Å². The number of hydrogen-bond donors (Lipinski definition) is 2. The highest BCUT2D eigenvalue weighted by atomic mass is 16.5. The first-order valence-electron chi connectivity index (χ1n) is 10.0. The second-order valence-corrected chi connectivity index (χ2v) is 7.27. The Balaban J connectivity index is 1.43. The summed E-state index contributed by atoms with van der Waals surface area (Å²) in [5.74, 6) is 0.527. The van der Waals surface area contributed by atoms with Crippen LogP contribution in [0.25, 0.3) is 11.3 Å². The van der Waals surface area contributed by atoms with Gasteiger partial charge in [-0.25, -0.2) is 4.98 Å². The van der Waals surface area contributed by atoms with Crippen molar-refractivity contribution in [2.45, 2.75) is 12.6 Å². The van der Waals surface area contributed by atoms with Crippen LogP contribution in [0.2, 0.25) is 0 Å². The van der Waals surface area contributed by atoms with Gasteiger partial charge >= 0.3 is 0 Å². The number of morpholine rings is 1. The molecule has 3 aromatic rings. The summed E-state index contributed by atoms with van der Waals surface area (Å²) >= 11 is 0. The number of carbonyl (C=O) groups excluding carboxylic acids is 1. The van der Waals surface area contributed by atoms with Gasteiger partial charge in [0.05, 0.1) is 31.3 Å². The number of pyridine rings is 1. The predicted molar refractivity (Wildman–Crippen MR) is 113 cm³/mol. The lowest BCUT2D eigenvalue weighted by Crippen LogP contribution is -2.38. The van der Waals surface area contributed by atoms with Gasteiger partial charge in [-0.2, -0.15) is 5.10 Å². The van der Waals surface area contributed by atoms with Crippen molar-refractivity contribution in [1.82, 2.24) is 20.1 Å². The average Bonchev–Trinajstić information content (AvgIpc) is 3.33. The number of ether oxygens (including phenoxy) is 3. The van der Waals surface area contributed by atoms with Gasteiger partial charge in [0.1, 0.15) is 6.10 Å². The van der Waals surface area contributed by atoms with Crippen LogP contribution in [-0.4, -0.2) is 59.4 Å². The van der Waals surface area contributed by atoms with Crippen LogP contribution in [0.15, 0.2) is 48.8 Å². The summed E-state index contributed by atoms with van der Waals surface area (Å²) in [6.07, 6.45) is 3.47. The molecule has 31 heavy (non-hydrogen) atoms. The molecule has 0 spiro atoms. The van der Waals surface area contributed by atoms with Gasteiger partial charge in [-0.15, -0.1) is 0 Å². The highest BCUT2D eigenvalue weighted by Gasteiger charge is 2.24. The van der Waals surface area contributed by atoms with Crippen LogP contribution in [0.4, 0.5) is 0 Å². The molecule has 3 heterocycles. The fourth-order valence-corrected chi connectivity index (χ4v) is 3.54. The monoisotopic (exact) mass is 423 g/mol. The molecular weight excluding hydrogens is 398 g/mol. The fourth-order valence-electron chi connectivity index (χ4n) is 3.54. The lowest BCUT2D eigenvalue weighted by atomic mass is 10.1. The zero-order valence-corrected chi connectivity index (χ0v) is 17.3. The van der Waals surface area contributed by atoms with E-state index >= 15 is 0 Å². The molecule has 0 bridgehead atoms. The van der Waals surface area contributed by atoms with Crippen LogP contribution >= 0.6 is 0 Å². The van der Waals surface area contributed by atoms with E-state index in [1.165, 1.54) is 0 Å². The Labute approximate surface area is 180 Å². The van der Waals surface area contributed by atoms with Crippen LogP contribution in [0, 0.1) is 0 Å². The fraction of sp³-hybridized carbons (Fsp3) is 0.318. The summed E-state index contributed by atoms with van der Waals surface area (Å²) in [5, 5.41) is 6.81. The second kappa shape index (κ2) is 9.59. The molecule has 3 N–H and O–H groups in total. The number of rotatable bonds is 8. The SMILES string of the molecule is COc1cc(CN2CCOC(c3cccc(-c4cn[nH]c4)n3)C2)ccc1OCC(N)=O. The summed E-state index contributed by atoms with van der Waals surface area (Å²) < 4.78 is 16.8. The van der Waals surface area contributed by atoms with Crippen LogP contribution in [-0.2, 0) is 16.1 Å². The molecule has 0 radical (unpaired) electrons. The summed E-state index contributed by atoms with van der Waals surface area (Å²) in [5.41, 5.74) is 8.93. The summed E-state index contributed by atoms with van der Waals surface area (Å²) in [7, 11) is 1.57. The normalized spacial score (nSPS) is 16.7. The number of nitrogens with zero attached hydrogens (tertiary/aromatic N) is 3. The second-order valence-electron chi connectivity index (χ2n) is 7.27. The molecule has 2 aromatic heterocycles. The Morgan fingerprint density at radius 2 is 2.23 bits per heavy atom. The smallest absolute Gasteiger partial charge is 0.255 e. The van der Waals surface area contributed by atoms with Gasteiger partial charge in [-0.1, -0.05) is 12.1 Å². The Hall–Kier alpha value is -3.43. The Morgan fingerprint density at radius 1 is 1.32 bits per heavy atom. The van der Waals surface area contributed by atoms with Gasteiger partial charge in [0.15, 0.2) is 18.1 Å². The molecule has 1 amide bonds. The quantitative estimate of drug-likeness (QED) is 0.569. The van der Waals surface area contributed by atoms with Crippen molar-refractivity contribution < 1.29 is 19.0 Å². The number of primary amides is 1. The molecule has 1 fully saturated rings. The van der Waals surface area contributed by atoms with Crippen molar-refractivity contribution in [3.63, 3.8) is 0 Å². The van der Waals surface area contributed by atoms with E-state index in [-0.39, 0.29) is 12.7 Å². The van der Waals surface area contributed by atoms with Crippen LogP contribution in [0.1, 0.15) is 17.4 Å². The first-order chi connectivity index (χ1) is 15.1. The Bertz CT molecular complexity index is 1020. The number of nitrogens with one attached hydrogen (secondary N) is 1. The number of benzene rings is 1. The zero-order valence-electron chi connectivity index (χ0n) is 17.3. The maximum atomic E-state index is 11.0. The third-order valence-electron chi connectivity index (χ3n) is 5.05. The van der Waals surface area contributed by atoms with E-state index in [2.05, 4.69) is 15.1 Å². The molecule has 1 aliphatic heterocycles. The van der Waals surface area contributed by atoms with Gasteiger partial charge in [0.25, 0.3) is 5.91 Å². The van der Waals surface area contributed by atoms with Gasteiger partial charge in [-0.05, 0) is 29.8 Å². The van der Waals surface area contributed by atoms with E-state index in [0.29, 0.717) is 18.1 Å². The number of H-pyrrole nitrogens is 1. The van der Waals surface area contributed by atoms with E-state index in [1.54, 1.807) is 19.4 Å². The maximum absolute atomic E-state index is 11.0. The standard InChI is InChI=1S/C22H25N5O4/c1-29-20-9-15(5-6-19(20)31-14-22(23)28)12-27-7-8-30-21(13-27)18-4-2-3-17(26-18)16-10-24-25-11-16/h2-6,9-11,21H,7-8,12-14H2,1H3,(H2,23,28)(H,24,25). The minimum Gasteiger partial charge on any atom is -0.493 e. The third-order valence-corrected chi connectivity index (χ3v) is 5.05. The average molecular weight is 423 g/mol. The van der Waals surface area contributed by atoms with Crippen molar-refractivity contribution in [3.8, 4) is 22.8 Å². The van der Waals surface area contributed by atoms with E-state index in [4.69, 9.17) is 24.9 Å².